The number of hydrogen-bond acceptors (Lipinski definition) is 5. The van der Waals surface area contributed by atoms with E-state index in [1.807, 2.05) is 24.3 Å². The number of anilines is 2. The van der Waals surface area contributed by atoms with Gasteiger partial charge in [-0.2, -0.15) is 5.26 Å². The molecule has 0 saturated carbocycles. The van der Waals surface area contributed by atoms with Crippen molar-refractivity contribution in [3.05, 3.63) is 60.9 Å². The molecule has 1 saturated heterocycles. The van der Waals surface area contributed by atoms with Gasteiger partial charge < -0.3 is 0 Å². The molecule has 0 radical (unpaired) electrons. The van der Waals surface area contributed by atoms with Gasteiger partial charge in [0, 0.05) is 28.9 Å². The van der Waals surface area contributed by atoms with E-state index in [1.54, 1.807) is 24.5 Å². The number of sulfone groups is 1. The van der Waals surface area contributed by atoms with Gasteiger partial charge in [0.25, 0.3) is 0 Å². The third kappa shape index (κ3) is 2.96. The number of hydrogen-bond donors (Lipinski definition) is 0. The van der Waals surface area contributed by atoms with Crippen molar-refractivity contribution in [1.82, 2.24) is 4.98 Å². The number of fused-ring (bicyclic) bond motifs is 1. The van der Waals surface area contributed by atoms with Crippen LogP contribution in [0.1, 0.15) is 0 Å². The highest BCUT2D eigenvalue weighted by atomic mass is 32.2. The summed E-state index contributed by atoms with van der Waals surface area (Å²) < 4.78 is 23.7. The summed E-state index contributed by atoms with van der Waals surface area (Å²) in [6, 6.07) is 14.7. The van der Waals surface area contributed by atoms with Crippen molar-refractivity contribution in [3.8, 4) is 6.07 Å². The van der Waals surface area contributed by atoms with Crippen molar-refractivity contribution in [3.63, 3.8) is 0 Å². The van der Waals surface area contributed by atoms with E-state index in [0.29, 0.717) is 11.4 Å². The highest BCUT2D eigenvalue weighted by Crippen LogP contribution is 2.33. The van der Waals surface area contributed by atoms with Crippen LogP contribution in [0.4, 0.5) is 16.2 Å². The summed E-state index contributed by atoms with van der Waals surface area (Å²) in [5.74, 6) is 0. The summed E-state index contributed by atoms with van der Waals surface area (Å²) in [6.07, 6.45) is 4.39. The van der Waals surface area contributed by atoms with E-state index in [0.717, 1.165) is 17.0 Å². The first kappa shape index (κ1) is 17.9. The zero-order valence-corrected chi connectivity index (χ0v) is 15.8. The second-order valence-electron chi connectivity index (χ2n) is 6.56. The topological polar surface area (TPSA) is 94.4 Å². The molecule has 2 heterocycles. The predicted octanol–water partition coefficient (Wildman–Crippen LogP) is 2.98. The predicted molar refractivity (Wildman–Crippen MR) is 106 cm³/mol. The summed E-state index contributed by atoms with van der Waals surface area (Å²) in [7, 11) is -3.41. The Kier molecular flexibility index (Phi) is 4.24. The molecular formula is C20H16N4O3S. The SMILES string of the molecule is CS(=O)(=O)c1cccc(N2C[C@H](C#N)N(c3cncc4ccccc34)C2=O)c1. The summed E-state index contributed by atoms with van der Waals surface area (Å²) in [5.41, 5.74) is 0.986. The third-order valence-electron chi connectivity index (χ3n) is 4.72. The number of benzene rings is 2. The van der Waals surface area contributed by atoms with E-state index in [4.69, 9.17) is 0 Å². The van der Waals surface area contributed by atoms with Gasteiger partial charge in [0.15, 0.2) is 9.84 Å². The molecule has 7 nitrogen and oxygen atoms in total. The molecule has 8 heteroatoms. The smallest absolute Gasteiger partial charge is 0.291 e. The number of rotatable bonds is 3. The number of nitriles is 1. The van der Waals surface area contributed by atoms with Gasteiger partial charge in [-0.15, -0.1) is 0 Å². The van der Waals surface area contributed by atoms with Crippen molar-refractivity contribution in [2.24, 2.45) is 0 Å². The molecule has 4 rings (SSSR count). The molecule has 1 aromatic heterocycles. The second kappa shape index (κ2) is 6.62. The number of nitrogens with zero attached hydrogens (tertiary/aromatic N) is 4. The third-order valence-corrected chi connectivity index (χ3v) is 5.83. The van der Waals surface area contributed by atoms with Gasteiger partial charge in [0.1, 0.15) is 6.04 Å². The largest absolute Gasteiger partial charge is 0.330 e. The molecule has 0 spiro atoms. The van der Waals surface area contributed by atoms with E-state index in [-0.39, 0.29) is 11.4 Å². The number of urea groups is 1. The van der Waals surface area contributed by atoms with Gasteiger partial charge in [-0.1, -0.05) is 30.3 Å². The first-order chi connectivity index (χ1) is 13.4. The average Bonchev–Trinajstić information content (AvgIpc) is 3.03. The second-order valence-corrected chi connectivity index (χ2v) is 8.57. The van der Waals surface area contributed by atoms with Crippen molar-refractivity contribution < 1.29 is 13.2 Å². The van der Waals surface area contributed by atoms with Crippen LogP contribution in [0, 0.1) is 11.3 Å². The van der Waals surface area contributed by atoms with Crippen LogP contribution in [-0.2, 0) is 9.84 Å². The van der Waals surface area contributed by atoms with Gasteiger partial charge in [0.05, 0.1) is 29.4 Å². The highest BCUT2D eigenvalue weighted by Gasteiger charge is 2.40. The molecule has 0 unspecified atom stereocenters. The van der Waals surface area contributed by atoms with E-state index >= 15 is 0 Å². The van der Waals surface area contributed by atoms with Crippen LogP contribution in [0.15, 0.2) is 65.8 Å². The molecule has 2 aromatic carbocycles. The van der Waals surface area contributed by atoms with Gasteiger partial charge in [-0.25, -0.2) is 13.2 Å². The van der Waals surface area contributed by atoms with Crippen molar-refractivity contribution in [1.29, 1.82) is 5.26 Å². The molecule has 3 aromatic rings. The summed E-state index contributed by atoms with van der Waals surface area (Å²) >= 11 is 0. The minimum atomic E-state index is -3.41. The van der Waals surface area contributed by atoms with Crippen LogP contribution in [0.25, 0.3) is 10.8 Å². The monoisotopic (exact) mass is 392 g/mol. The molecule has 2 amide bonds. The minimum Gasteiger partial charge on any atom is -0.291 e. The minimum absolute atomic E-state index is 0.122. The Bertz CT molecular complexity index is 1230. The van der Waals surface area contributed by atoms with E-state index < -0.39 is 21.9 Å². The summed E-state index contributed by atoms with van der Waals surface area (Å²) in [6.45, 7) is 0.131. The zero-order chi connectivity index (χ0) is 19.9. The Labute approximate surface area is 162 Å². The first-order valence-corrected chi connectivity index (χ1v) is 10.4. The lowest BCUT2D eigenvalue weighted by molar-refractivity contribution is 0.255. The van der Waals surface area contributed by atoms with Crippen LogP contribution >= 0.6 is 0 Å². The molecule has 1 aliphatic heterocycles. The van der Waals surface area contributed by atoms with Crippen LogP contribution in [0.2, 0.25) is 0 Å². The van der Waals surface area contributed by atoms with Gasteiger partial charge >= 0.3 is 6.03 Å². The Morgan fingerprint density at radius 3 is 2.68 bits per heavy atom. The molecule has 0 aliphatic carbocycles. The highest BCUT2D eigenvalue weighted by molar-refractivity contribution is 7.90. The Hall–Kier alpha value is -3.44. The fourth-order valence-corrected chi connectivity index (χ4v) is 4.02. The molecular weight excluding hydrogens is 376 g/mol. The normalized spacial score (nSPS) is 17.1. The summed E-state index contributed by atoms with van der Waals surface area (Å²) in [5, 5.41) is 11.3. The number of aromatic nitrogens is 1. The van der Waals surface area contributed by atoms with Gasteiger partial charge in [0.2, 0.25) is 0 Å². The first-order valence-electron chi connectivity index (χ1n) is 8.53. The maximum absolute atomic E-state index is 13.2. The van der Waals surface area contributed by atoms with Crippen molar-refractivity contribution >= 4 is 38.0 Å². The molecule has 1 fully saturated rings. The quantitative estimate of drug-likeness (QED) is 0.683. The standard InChI is InChI=1S/C20H16N4O3S/c1-28(26,27)17-7-4-6-15(9-17)23-13-16(10-21)24(20(23)25)19-12-22-11-14-5-2-3-8-18(14)19/h2-9,11-12,16H,13H2,1H3/t16-/m0/s1. The molecule has 1 aliphatic rings. The average molecular weight is 392 g/mol. The van der Waals surface area contributed by atoms with Crippen molar-refractivity contribution in [2.45, 2.75) is 10.9 Å². The Morgan fingerprint density at radius 1 is 1.14 bits per heavy atom. The van der Waals surface area contributed by atoms with E-state index in [2.05, 4.69) is 11.1 Å². The lowest BCUT2D eigenvalue weighted by Crippen LogP contribution is -2.34. The maximum atomic E-state index is 13.2. The number of pyridine rings is 1. The van der Waals surface area contributed by atoms with Gasteiger partial charge in [-0.3, -0.25) is 14.8 Å². The lowest BCUT2D eigenvalue weighted by Gasteiger charge is -2.21. The Balaban J connectivity index is 1.80. The van der Waals surface area contributed by atoms with E-state index in [9.17, 15) is 18.5 Å². The van der Waals surface area contributed by atoms with Crippen molar-refractivity contribution in [2.75, 3.05) is 22.6 Å². The van der Waals surface area contributed by atoms with Crippen LogP contribution in [0.5, 0.6) is 0 Å². The summed E-state index contributed by atoms with van der Waals surface area (Å²) in [4.78, 5) is 20.4. The number of carbonyl (C=O) groups excluding carboxylic acids is 1. The lowest BCUT2D eigenvalue weighted by atomic mass is 10.1. The molecule has 0 bridgehead atoms. The molecule has 1 atom stereocenters. The molecule has 0 N–H and O–H groups in total. The number of carbonyl (C=O) groups is 1. The number of amides is 2. The fourth-order valence-electron chi connectivity index (χ4n) is 3.36. The zero-order valence-electron chi connectivity index (χ0n) is 15.0. The van der Waals surface area contributed by atoms with Gasteiger partial charge in [-0.05, 0) is 18.2 Å². The molecule has 140 valence electrons. The van der Waals surface area contributed by atoms with Crippen LogP contribution in [0.3, 0.4) is 0 Å². The fraction of sp³-hybridized carbons (Fsp3) is 0.150. The maximum Gasteiger partial charge on any atom is 0.330 e. The molecule has 28 heavy (non-hydrogen) atoms. The van der Waals surface area contributed by atoms with E-state index in [1.165, 1.54) is 21.9 Å². The van der Waals surface area contributed by atoms with Crippen LogP contribution < -0.4 is 9.80 Å². The van der Waals surface area contributed by atoms with Crippen LogP contribution in [-0.4, -0.2) is 38.3 Å². The Morgan fingerprint density at radius 2 is 1.93 bits per heavy atom.